The largest absolute Gasteiger partial charge is 0.507 e. The summed E-state index contributed by atoms with van der Waals surface area (Å²) in [6.45, 7) is 0.0361. The van der Waals surface area contributed by atoms with Gasteiger partial charge in [0.2, 0.25) is 0 Å². The van der Waals surface area contributed by atoms with Crippen molar-refractivity contribution in [3.05, 3.63) is 77.7 Å². The number of halogens is 1. The fourth-order valence-corrected chi connectivity index (χ4v) is 2.44. The number of hydrogen-bond acceptors (Lipinski definition) is 5. The fraction of sp³-hybridized carbons (Fsp3) is 0.0526. The van der Waals surface area contributed by atoms with Crippen molar-refractivity contribution in [3.63, 3.8) is 0 Å². The summed E-state index contributed by atoms with van der Waals surface area (Å²) < 4.78 is 19.4. The predicted octanol–water partition coefficient (Wildman–Crippen LogP) is 3.53. The lowest BCUT2D eigenvalue weighted by atomic mass is 9.99. The summed E-state index contributed by atoms with van der Waals surface area (Å²) in [5.74, 6) is -1.61. The number of ether oxygens (including phenoxy) is 1. The second kappa shape index (κ2) is 7.00. The molecule has 0 atom stereocenters. The number of phenolic OH excluding ortho intramolecular Hbond substituents is 1. The van der Waals surface area contributed by atoms with Crippen molar-refractivity contribution < 1.29 is 19.0 Å². The van der Waals surface area contributed by atoms with Gasteiger partial charge in [0, 0.05) is 11.1 Å². The third-order valence-electron chi connectivity index (χ3n) is 3.63. The van der Waals surface area contributed by atoms with E-state index in [4.69, 9.17) is 10.5 Å². The van der Waals surface area contributed by atoms with E-state index in [0.717, 1.165) is 11.8 Å². The Hall–Kier alpha value is -3.41. The lowest BCUT2D eigenvalue weighted by Crippen LogP contribution is -2.08. The van der Waals surface area contributed by atoms with E-state index >= 15 is 0 Å². The lowest BCUT2D eigenvalue weighted by molar-refractivity contribution is 0.0470. The standard InChI is InChI=1S/C19H15FN2O3/c20-15-10-22-17(21)9-14(15)13-7-4-8-16(23)18(13)19(24)25-11-12-5-2-1-3-6-12/h1-10,23H,11H2,(H2,21,22). The van der Waals surface area contributed by atoms with Gasteiger partial charge in [-0.2, -0.15) is 0 Å². The molecule has 0 unspecified atom stereocenters. The van der Waals surface area contributed by atoms with Crippen LogP contribution in [0.15, 0.2) is 60.8 Å². The van der Waals surface area contributed by atoms with Gasteiger partial charge < -0.3 is 15.6 Å². The average molecular weight is 338 g/mol. The number of rotatable bonds is 4. The van der Waals surface area contributed by atoms with Crippen molar-refractivity contribution >= 4 is 11.8 Å². The van der Waals surface area contributed by atoms with Crippen LogP contribution >= 0.6 is 0 Å². The lowest BCUT2D eigenvalue weighted by Gasteiger charge is -2.12. The first-order chi connectivity index (χ1) is 12.1. The highest BCUT2D eigenvalue weighted by Crippen LogP contribution is 2.33. The maximum absolute atomic E-state index is 14.1. The zero-order valence-electron chi connectivity index (χ0n) is 13.1. The normalized spacial score (nSPS) is 10.4. The highest BCUT2D eigenvalue weighted by molar-refractivity contribution is 6.00. The van der Waals surface area contributed by atoms with E-state index in [9.17, 15) is 14.3 Å². The minimum Gasteiger partial charge on any atom is -0.507 e. The molecule has 0 saturated heterocycles. The molecule has 6 heteroatoms. The number of aromatic hydroxyl groups is 1. The highest BCUT2D eigenvalue weighted by atomic mass is 19.1. The third kappa shape index (κ3) is 3.58. The minimum atomic E-state index is -0.758. The molecule has 126 valence electrons. The molecule has 5 nitrogen and oxygen atoms in total. The quantitative estimate of drug-likeness (QED) is 0.711. The Balaban J connectivity index is 1.96. The predicted molar refractivity (Wildman–Crippen MR) is 91.3 cm³/mol. The molecule has 0 aliphatic carbocycles. The Morgan fingerprint density at radius 1 is 1.12 bits per heavy atom. The van der Waals surface area contributed by atoms with Crippen LogP contribution in [-0.2, 0) is 11.3 Å². The van der Waals surface area contributed by atoms with E-state index < -0.39 is 11.8 Å². The van der Waals surface area contributed by atoms with Crippen LogP contribution in [0.5, 0.6) is 5.75 Å². The highest BCUT2D eigenvalue weighted by Gasteiger charge is 2.21. The summed E-state index contributed by atoms with van der Waals surface area (Å²) in [6, 6.07) is 14.8. The molecule has 2 aromatic carbocycles. The van der Waals surface area contributed by atoms with E-state index in [1.54, 1.807) is 0 Å². The molecule has 3 aromatic rings. The number of nitrogens with two attached hydrogens (primary N) is 1. The molecular weight excluding hydrogens is 323 g/mol. The van der Waals surface area contributed by atoms with Crippen molar-refractivity contribution in [3.8, 4) is 16.9 Å². The van der Waals surface area contributed by atoms with Crippen LogP contribution in [0, 0.1) is 5.82 Å². The van der Waals surface area contributed by atoms with Crippen molar-refractivity contribution in [1.82, 2.24) is 4.98 Å². The van der Waals surface area contributed by atoms with Crippen LogP contribution in [-0.4, -0.2) is 16.1 Å². The molecule has 0 amide bonds. The number of pyridine rings is 1. The molecule has 0 bridgehead atoms. The smallest absolute Gasteiger partial charge is 0.342 e. The molecule has 1 heterocycles. The fourth-order valence-electron chi connectivity index (χ4n) is 2.44. The van der Waals surface area contributed by atoms with Gasteiger partial charge >= 0.3 is 5.97 Å². The SMILES string of the molecule is Nc1cc(-c2cccc(O)c2C(=O)OCc2ccccc2)c(F)cn1. The van der Waals surface area contributed by atoms with Crippen LogP contribution < -0.4 is 5.73 Å². The molecule has 3 N–H and O–H groups in total. The van der Waals surface area contributed by atoms with Crippen LogP contribution in [0.2, 0.25) is 0 Å². The molecule has 0 saturated carbocycles. The summed E-state index contributed by atoms with van der Waals surface area (Å²) in [6.07, 6.45) is 0.966. The maximum Gasteiger partial charge on any atom is 0.342 e. The van der Waals surface area contributed by atoms with Gasteiger partial charge in [-0.3, -0.25) is 0 Å². The second-order valence-electron chi connectivity index (χ2n) is 5.35. The summed E-state index contributed by atoms with van der Waals surface area (Å²) >= 11 is 0. The number of benzene rings is 2. The first-order valence-corrected chi connectivity index (χ1v) is 7.50. The summed E-state index contributed by atoms with van der Waals surface area (Å²) in [4.78, 5) is 16.1. The molecule has 1 aromatic heterocycles. The van der Waals surface area contributed by atoms with Crippen LogP contribution in [0.1, 0.15) is 15.9 Å². The number of nitrogen functional groups attached to an aromatic ring is 1. The number of carbonyl (C=O) groups is 1. The zero-order chi connectivity index (χ0) is 17.8. The Morgan fingerprint density at radius 2 is 1.88 bits per heavy atom. The molecule has 3 rings (SSSR count). The van der Waals surface area contributed by atoms with Crippen molar-refractivity contribution in [2.24, 2.45) is 0 Å². The Kier molecular flexibility index (Phi) is 4.61. The van der Waals surface area contributed by atoms with Crippen molar-refractivity contribution in [2.75, 3.05) is 5.73 Å². The molecule has 0 aliphatic rings. The van der Waals surface area contributed by atoms with E-state index in [1.807, 2.05) is 30.3 Å². The molecule has 0 aliphatic heterocycles. The number of carbonyl (C=O) groups excluding carboxylic acids is 1. The first kappa shape index (κ1) is 16.4. The first-order valence-electron chi connectivity index (χ1n) is 7.50. The van der Waals surface area contributed by atoms with Gasteiger partial charge in [0.05, 0.1) is 6.20 Å². The molecule has 0 fully saturated rings. The van der Waals surface area contributed by atoms with Gasteiger partial charge in [-0.05, 0) is 17.7 Å². The van der Waals surface area contributed by atoms with Gasteiger partial charge in [0.1, 0.15) is 29.6 Å². The number of aromatic nitrogens is 1. The minimum absolute atomic E-state index is 0.0361. The van der Waals surface area contributed by atoms with E-state index in [2.05, 4.69) is 4.98 Å². The number of anilines is 1. The monoisotopic (exact) mass is 338 g/mol. The third-order valence-corrected chi connectivity index (χ3v) is 3.63. The van der Waals surface area contributed by atoms with Crippen LogP contribution in [0.25, 0.3) is 11.1 Å². The number of hydrogen-bond donors (Lipinski definition) is 2. The summed E-state index contributed by atoms with van der Waals surface area (Å²) in [5, 5.41) is 10.1. The van der Waals surface area contributed by atoms with Gasteiger partial charge in [-0.1, -0.05) is 42.5 Å². The molecule has 25 heavy (non-hydrogen) atoms. The zero-order valence-corrected chi connectivity index (χ0v) is 13.1. The maximum atomic E-state index is 14.1. The number of phenols is 1. The van der Waals surface area contributed by atoms with E-state index in [-0.39, 0.29) is 34.9 Å². The number of nitrogens with zero attached hydrogens (tertiary/aromatic N) is 1. The van der Waals surface area contributed by atoms with Crippen molar-refractivity contribution in [2.45, 2.75) is 6.61 Å². The van der Waals surface area contributed by atoms with Crippen molar-refractivity contribution in [1.29, 1.82) is 0 Å². The molecular formula is C19H15FN2O3. The van der Waals surface area contributed by atoms with Gasteiger partial charge in [0.15, 0.2) is 0 Å². The van der Waals surface area contributed by atoms with Gasteiger partial charge in [-0.15, -0.1) is 0 Å². The van der Waals surface area contributed by atoms with Crippen LogP contribution in [0.3, 0.4) is 0 Å². The van der Waals surface area contributed by atoms with Crippen LogP contribution in [0.4, 0.5) is 10.2 Å². The summed E-state index contributed by atoms with van der Waals surface area (Å²) in [5.41, 5.74) is 6.53. The molecule has 0 spiro atoms. The Labute approximate surface area is 143 Å². The second-order valence-corrected chi connectivity index (χ2v) is 5.35. The molecule has 0 radical (unpaired) electrons. The van der Waals surface area contributed by atoms with E-state index in [0.29, 0.717) is 0 Å². The van der Waals surface area contributed by atoms with Gasteiger partial charge in [-0.25, -0.2) is 14.2 Å². The van der Waals surface area contributed by atoms with E-state index in [1.165, 1.54) is 24.3 Å². The Morgan fingerprint density at radius 3 is 2.64 bits per heavy atom. The topological polar surface area (TPSA) is 85.4 Å². The Bertz CT molecular complexity index is 914. The van der Waals surface area contributed by atoms with Gasteiger partial charge in [0.25, 0.3) is 0 Å². The number of esters is 1. The average Bonchev–Trinajstić information content (AvgIpc) is 2.62. The summed E-state index contributed by atoms with van der Waals surface area (Å²) in [7, 11) is 0.